The van der Waals surface area contributed by atoms with Gasteiger partial charge in [-0.05, 0) is 20.8 Å². The van der Waals surface area contributed by atoms with Crippen LogP contribution in [0.15, 0.2) is 0 Å². The Labute approximate surface area is 80.8 Å². The van der Waals surface area contributed by atoms with Gasteiger partial charge in [-0.25, -0.2) is 0 Å². The first kappa shape index (κ1) is 11.0. The number of hydrogen-bond donors (Lipinski definition) is 1. The van der Waals surface area contributed by atoms with Crippen molar-refractivity contribution in [3.05, 3.63) is 0 Å². The van der Waals surface area contributed by atoms with Crippen molar-refractivity contribution in [3.63, 3.8) is 0 Å². The lowest BCUT2D eigenvalue weighted by atomic mass is 9.96. The van der Waals surface area contributed by atoms with Gasteiger partial charge in [0.25, 0.3) is 0 Å². The molecule has 3 heteroatoms. The van der Waals surface area contributed by atoms with Gasteiger partial charge in [-0.1, -0.05) is 0 Å². The van der Waals surface area contributed by atoms with E-state index in [-0.39, 0.29) is 11.2 Å². The molecule has 0 aromatic rings. The van der Waals surface area contributed by atoms with Crippen molar-refractivity contribution in [2.45, 2.75) is 38.4 Å². The van der Waals surface area contributed by atoms with Crippen LogP contribution in [0.3, 0.4) is 0 Å². The highest BCUT2D eigenvalue weighted by atomic mass is 16.5. The second-order valence-corrected chi connectivity index (χ2v) is 4.66. The van der Waals surface area contributed by atoms with Crippen molar-refractivity contribution in [2.24, 2.45) is 0 Å². The molecule has 0 radical (unpaired) electrons. The first-order chi connectivity index (χ1) is 5.97. The Morgan fingerprint density at radius 2 is 2.00 bits per heavy atom. The standard InChI is InChI=1S/C10H21NO2/c1-9(2)7-11-8-10(3,13-9)5-6-12-4/h11H,5-8H2,1-4H3. The summed E-state index contributed by atoms with van der Waals surface area (Å²) in [5.74, 6) is 0. The highest BCUT2D eigenvalue weighted by Gasteiger charge is 2.36. The molecule has 1 aliphatic heterocycles. The zero-order chi connectivity index (χ0) is 9.95. The lowest BCUT2D eigenvalue weighted by molar-refractivity contribution is -0.160. The minimum absolute atomic E-state index is 0.0548. The van der Waals surface area contributed by atoms with Crippen LogP contribution in [0.1, 0.15) is 27.2 Å². The molecule has 1 heterocycles. The Bertz CT molecular complexity index is 170. The number of nitrogens with one attached hydrogen (secondary N) is 1. The fraction of sp³-hybridized carbons (Fsp3) is 1.00. The number of ether oxygens (including phenoxy) is 2. The first-order valence-electron chi connectivity index (χ1n) is 4.87. The highest BCUT2D eigenvalue weighted by molar-refractivity contribution is 4.89. The van der Waals surface area contributed by atoms with Gasteiger partial charge in [0, 0.05) is 33.2 Å². The smallest absolute Gasteiger partial charge is 0.0808 e. The summed E-state index contributed by atoms with van der Waals surface area (Å²) in [6.45, 7) is 8.97. The molecule has 0 amide bonds. The van der Waals surface area contributed by atoms with E-state index in [0.717, 1.165) is 26.1 Å². The highest BCUT2D eigenvalue weighted by Crippen LogP contribution is 2.26. The third-order valence-corrected chi connectivity index (χ3v) is 2.41. The van der Waals surface area contributed by atoms with Gasteiger partial charge in [0.05, 0.1) is 11.2 Å². The van der Waals surface area contributed by atoms with Crippen LogP contribution in [0, 0.1) is 0 Å². The van der Waals surface area contributed by atoms with Crippen molar-refractivity contribution in [1.82, 2.24) is 5.32 Å². The third kappa shape index (κ3) is 3.25. The van der Waals surface area contributed by atoms with E-state index in [1.807, 2.05) is 0 Å². The van der Waals surface area contributed by atoms with Gasteiger partial charge in [0.2, 0.25) is 0 Å². The Kier molecular flexibility index (Phi) is 3.33. The minimum atomic E-state index is -0.0717. The van der Waals surface area contributed by atoms with Crippen LogP contribution in [0.4, 0.5) is 0 Å². The summed E-state index contributed by atoms with van der Waals surface area (Å²) in [6, 6.07) is 0. The average Bonchev–Trinajstić information content (AvgIpc) is 1.98. The molecule has 0 saturated carbocycles. The topological polar surface area (TPSA) is 30.5 Å². The molecular weight excluding hydrogens is 166 g/mol. The Hall–Kier alpha value is -0.120. The third-order valence-electron chi connectivity index (χ3n) is 2.41. The lowest BCUT2D eigenvalue weighted by Gasteiger charge is -2.43. The number of hydrogen-bond acceptors (Lipinski definition) is 3. The van der Waals surface area contributed by atoms with Crippen LogP contribution >= 0.6 is 0 Å². The fourth-order valence-electron chi connectivity index (χ4n) is 1.82. The maximum absolute atomic E-state index is 6.02. The molecule has 0 aliphatic carbocycles. The first-order valence-corrected chi connectivity index (χ1v) is 4.87. The van der Waals surface area contributed by atoms with Crippen molar-refractivity contribution >= 4 is 0 Å². The number of morpholine rings is 1. The normalized spacial score (nSPS) is 33.2. The van der Waals surface area contributed by atoms with Crippen LogP contribution in [0.2, 0.25) is 0 Å². The van der Waals surface area contributed by atoms with E-state index in [2.05, 4.69) is 26.1 Å². The largest absolute Gasteiger partial charge is 0.385 e. The molecule has 0 bridgehead atoms. The molecule has 13 heavy (non-hydrogen) atoms. The van der Waals surface area contributed by atoms with E-state index in [0.29, 0.717) is 0 Å². The van der Waals surface area contributed by atoms with Crippen molar-refractivity contribution < 1.29 is 9.47 Å². The van der Waals surface area contributed by atoms with E-state index < -0.39 is 0 Å². The van der Waals surface area contributed by atoms with Crippen molar-refractivity contribution in [1.29, 1.82) is 0 Å². The summed E-state index contributed by atoms with van der Waals surface area (Å²) in [5, 5.41) is 3.39. The SMILES string of the molecule is COCCC1(C)CNCC(C)(C)O1. The molecule has 78 valence electrons. The maximum atomic E-state index is 6.02. The predicted octanol–water partition coefficient (Wildman–Crippen LogP) is 1.18. The van der Waals surface area contributed by atoms with Gasteiger partial charge in [-0.2, -0.15) is 0 Å². The molecule has 1 rings (SSSR count). The van der Waals surface area contributed by atoms with E-state index in [4.69, 9.17) is 9.47 Å². The summed E-state index contributed by atoms with van der Waals surface area (Å²) in [7, 11) is 1.73. The van der Waals surface area contributed by atoms with Gasteiger partial charge in [-0.3, -0.25) is 0 Å². The monoisotopic (exact) mass is 187 g/mol. The van der Waals surface area contributed by atoms with Gasteiger partial charge < -0.3 is 14.8 Å². The molecule has 0 aromatic carbocycles. The zero-order valence-corrected chi connectivity index (χ0v) is 9.14. The van der Waals surface area contributed by atoms with E-state index >= 15 is 0 Å². The Morgan fingerprint density at radius 3 is 2.54 bits per heavy atom. The zero-order valence-electron chi connectivity index (χ0n) is 9.14. The Morgan fingerprint density at radius 1 is 1.31 bits per heavy atom. The lowest BCUT2D eigenvalue weighted by Crippen LogP contribution is -2.57. The molecular formula is C10H21NO2. The second-order valence-electron chi connectivity index (χ2n) is 4.66. The van der Waals surface area contributed by atoms with E-state index in [1.165, 1.54) is 0 Å². The summed E-state index contributed by atoms with van der Waals surface area (Å²) >= 11 is 0. The number of methoxy groups -OCH3 is 1. The van der Waals surface area contributed by atoms with Crippen LogP contribution in [-0.2, 0) is 9.47 Å². The van der Waals surface area contributed by atoms with Gasteiger partial charge in [0.1, 0.15) is 0 Å². The van der Waals surface area contributed by atoms with Gasteiger partial charge >= 0.3 is 0 Å². The van der Waals surface area contributed by atoms with Crippen LogP contribution < -0.4 is 5.32 Å². The summed E-state index contributed by atoms with van der Waals surface area (Å²) in [6.07, 6.45) is 0.944. The molecule has 1 fully saturated rings. The van der Waals surface area contributed by atoms with Crippen molar-refractivity contribution in [3.8, 4) is 0 Å². The molecule has 1 atom stereocenters. The molecule has 0 aromatic heterocycles. The summed E-state index contributed by atoms with van der Waals surface area (Å²) in [4.78, 5) is 0. The molecule has 3 nitrogen and oxygen atoms in total. The van der Waals surface area contributed by atoms with Crippen LogP contribution in [0.25, 0.3) is 0 Å². The molecule has 1 unspecified atom stereocenters. The van der Waals surface area contributed by atoms with E-state index in [9.17, 15) is 0 Å². The molecule has 0 spiro atoms. The minimum Gasteiger partial charge on any atom is -0.385 e. The fourth-order valence-corrected chi connectivity index (χ4v) is 1.82. The summed E-state index contributed by atoms with van der Waals surface area (Å²) in [5.41, 5.74) is -0.126. The van der Waals surface area contributed by atoms with Crippen LogP contribution in [0.5, 0.6) is 0 Å². The number of rotatable bonds is 3. The molecule has 1 aliphatic rings. The van der Waals surface area contributed by atoms with E-state index in [1.54, 1.807) is 7.11 Å². The van der Waals surface area contributed by atoms with Gasteiger partial charge in [0.15, 0.2) is 0 Å². The Balaban J connectivity index is 2.47. The van der Waals surface area contributed by atoms with Crippen LogP contribution in [-0.4, -0.2) is 38.0 Å². The quantitative estimate of drug-likeness (QED) is 0.719. The average molecular weight is 187 g/mol. The van der Waals surface area contributed by atoms with Gasteiger partial charge in [-0.15, -0.1) is 0 Å². The molecule has 1 N–H and O–H groups in total. The van der Waals surface area contributed by atoms with Crippen molar-refractivity contribution in [2.75, 3.05) is 26.8 Å². The molecule has 1 saturated heterocycles. The second kappa shape index (κ2) is 3.95. The maximum Gasteiger partial charge on any atom is 0.0808 e. The predicted molar refractivity (Wildman–Crippen MR) is 52.9 cm³/mol. The summed E-state index contributed by atoms with van der Waals surface area (Å²) < 4.78 is 11.1.